The normalized spacial score (nSPS) is 21.0. The van der Waals surface area contributed by atoms with Crippen molar-refractivity contribution < 1.29 is 19.4 Å². The summed E-state index contributed by atoms with van der Waals surface area (Å²) in [6, 6.07) is 11.9. The van der Waals surface area contributed by atoms with E-state index in [0.717, 1.165) is 29.7 Å². The Kier molecular flexibility index (Phi) is 5.39. The summed E-state index contributed by atoms with van der Waals surface area (Å²) in [5, 5.41) is 19.6. The van der Waals surface area contributed by atoms with Crippen LogP contribution in [0.15, 0.2) is 48.5 Å². The molecule has 0 saturated carbocycles. The molecule has 1 aliphatic carbocycles. The van der Waals surface area contributed by atoms with Gasteiger partial charge in [0.05, 0.1) is 12.6 Å². The molecule has 29 heavy (non-hydrogen) atoms. The number of hydrogen-bond donors (Lipinski definition) is 2. The Hall–Kier alpha value is -2.70. The molecule has 4 rings (SSSR count). The molecule has 1 aliphatic heterocycles. The van der Waals surface area contributed by atoms with Crippen LogP contribution in [0.4, 0.5) is 4.39 Å². The maximum Gasteiger partial charge on any atom is 0.317 e. The monoisotopic (exact) mass is 396 g/mol. The van der Waals surface area contributed by atoms with Crippen LogP contribution in [0.5, 0.6) is 5.75 Å². The first-order chi connectivity index (χ1) is 13.9. The first-order valence-corrected chi connectivity index (χ1v) is 9.85. The van der Waals surface area contributed by atoms with E-state index in [1.807, 2.05) is 11.0 Å². The summed E-state index contributed by atoms with van der Waals surface area (Å²) in [5.41, 5.74) is 4.25. The van der Waals surface area contributed by atoms with E-state index >= 15 is 0 Å². The molecule has 1 heterocycles. The highest BCUT2D eigenvalue weighted by Crippen LogP contribution is 2.40. The number of halogens is 1. The summed E-state index contributed by atoms with van der Waals surface area (Å²) < 4.78 is 13.2. The lowest BCUT2D eigenvalue weighted by Gasteiger charge is -2.48. The number of aliphatic carboxylic acids is 1. The molecule has 0 aromatic heterocycles. The predicted octanol–water partition coefficient (Wildman–Crippen LogP) is 2.78. The van der Waals surface area contributed by atoms with E-state index in [1.165, 1.54) is 17.7 Å². The van der Waals surface area contributed by atoms with E-state index in [1.54, 1.807) is 24.3 Å². The van der Waals surface area contributed by atoms with Crippen LogP contribution < -0.4 is 0 Å². The van der Waals surface area contributed by atoms with Gasteiger partial charge < -0.3 is 10.2 Å². The van der Waals surface area contributed by atoms with Gasteiger partial charge in [0.15, 0.2) is 0 Å². The lowest BCUT2D eigenvalue weighted by atomic mass is 9.76. The lowest BCUT2D eigenvalue weighted by molar-refractivity contribution is -0.139. The zero-order chi connectivity index (χ0) is 20.5. The van der Waals surface area contributed by atoms with Gasteiger partial charge in [-0.15, -0.1) is 0 Å². The number of aromatic hydroxyl groups is 1. The van der Waals surface area contributed by atoms with Crippen molar-refractivity contribution in [1.29, 1.82) is 0 Å². The van der Waals surface area contributed by atoms with Gasteiger partial charge in [-0.2, -0.15) is 0 Å². The highest BCUT2D eigenvalue weighted by Gasteiger charge is 2.41. The number of benzene rings is 2. The fraction of sp³-hybridized carbons (Fsp3) is 0.348. The molecule has 6 heteroatoms. The van der Waals surface area contributed by atoms with Crippen molar-refractivity contribution in [2.45, 2.75) is 24.9 Å². The maximum absolute atomic E-state index is 13.2. The number of carbonyl (C=O) groups is 1. The van der Waals surface area contributed by atoms with E-state index in [-0.39, 0.29) is 30.2 Å². The fourth-order valence-electron chi connectivity index (χ4n) is 4.57. The first-order valence-electron chi connectivity index (χ1n) is 9.85. The van der Waals surface area contributed by atoms with Crippen LogP contribution in [-0.4, -0.2) is 64.7 Å². The molecule has 5 nitrogen and oxygen atoms in total. The zero-order valence-electron chi connectivity index (χ0n) is 16.4. The molecule has 0 spiro atoms. The molecule has 2 aromatic carbocycles. The number of phenolic OH excluding ortho intramolecular Hbond substituents is 1. The summed E-state index contributed by atoms with van der Waals surface area (Å²) >= 11 is 0. The first kappa shape index (κ1) is 19.6. The van der Waals surface area contributed by atoms with Crippen LogP contribution >= 0.6 is 0 Å². The average Bonchev–Trinajstić information content (AvgIpc) is 2.69. The number of nitrogens with zero attached hydrogens (tertiary/aromatic N) is 2. The second kappa shape index (κ2) is 7.97. The molecule has 2 aromatic rings. The molecule has 2 unspecified atom stereocenters. The second-order valence-corrected chi connectivity index (χ2v) is 7.90. The third-order valence-electron chi connectivity index (χ3n) is 6.01. The summed E-state index contributed by atoms with van der Waals surface area (Å²) in [6.45, 7) is 1.28. The smallest absolute Gasteiger partial charge is 0.317 e. The van der Waals surface area contributed by atoms with Gasteiger partial charge in [-0.1, -0.05) is 24.3 Å². The Balaban J connectivity index is 1.65. The number of hydrogen-bond acceptors (Lipinski definition) is 4. The highest BCUT2D eigenvalue weighted by molar-refractivity contribution is 5.78. The average molecular weight is 396 g/mol. The van der Waals surface area contributed by atoms with Gasteiger partial charge in [0.25, 0.3) is 0 Å². The number of carboxylic acids is 1. The lowest BCUT2D eigenvalue weighted by Crippen LogP contribution is -2.57. The van der Waals surface area contributed by atoms with Crippen LogP contribution in [0.25, 0.3) is 5.57 Å². The third kappa shape index (κ3) is 4.04. The van der Waals surface area contributed by atoms with Crippen molar-refractivity contribution in [1.82, 2.24) is 9.80 Å². The van der Waals surface area contributed by atoms with E-state index in [9.17, 15) is 19.4 Å². The van der Waals surface area contributed by atoms with E-state index in [0.29, 0.717) is 13.0 Å². The molecule has 0 radical (unpaired) electrons. The Morgan fingerprint density at radius 3 is 2.72 bits per heavy atom. The van der Waals surface area contributed by atoms with Crippen LogP contribution in [0.1, 0.15) is 16.7 Å². The van der Waals surface area contributed by atoms with Gasteiger partial charge in [-0.3, -0.25) is 14.6 Å². The molecule has 2 aliphatic rings. The van der Waals surface area contributed by atoms with Crippen molar-refractivity contribution >= 4 is 11.5 Å². The van der Waals surface area contributed by atoms with Crippen molar-refractivity contribution in [3.63, 3.8) is 0 Å². The predicted molar refractivity (Wildman–Crippen MR) is 109 cm³/mol. The fourth-order valence-corrected chi connectivity index (χ4v) is 4.57. The topological polar surface area (TPSA) is 64.0 Å². The molecule has 2 bridgehead atoms. The Morgan fingerprint density at radius 1 is 1.24 bits per heavy atom. The molecule has 0 amide bonds. The number of likely N-dealkylation sites (N-methyl/N-ethyl adjacent to an activating group) is 1. The van der Waals surface area contributed by atoms with Crippen molar-refractivity contribution in [2.24, 2.45) is 0 Å². The van der Waals surface area contributed by atoms with Gasteiger partial charge in [0, 0.05) is 19.1 Å². The highest BCUT2D eigenvalue weighted by atomic mass is 19.1. The Bertz CT molecular complexity index is 942. The number of phenols is 1. The molecule has 0 fully saturated rings. The van der Waals surface area contributed by atoms with Crippen molar-refractivity contribution in [3.05, 3.63) is 71.0 Å². The number of carboxylic acid groups (broad SMARTS) is 1. The van der Waals surface area contributed by atoms with Crippen molar-refractivity contribution in [2.75, 3.05) is 26.7 Å². The zero-order valence-corrected chi connectivity index (χ0v) is 16.4. The summed E-state index contributed by atoms with van der Waals surface area (Å²) in [5.74, 6) is -0.926. The molecule has 2 atom stereocenters. The van der Waals surface area contributed by atoms with E-state index in [2.05, 4.69) is 18.0 Å². The molecule has 2 N–H and O–H groups in total. The standard InChI is InChI=1S/C23H25FN2O3/c1-25-10-9-19-20-13-18(27)7-4-16(20)12-21(25)23(19)26(14-22(28)29)11-8-15-2-5-17(24)6-3-15/h2-7,9,13,21,23,27H,8,10-12,14H2,1H3,(H,28,29). The molecule has 152 valence electrons. The largest absolute Gasteiger partial charge is 0.508 e. The number of fused-ring (bicyclic) bond motifs is 4. The summed E-state index contributed by atoms with van der Waals surface area (Å²) in [7, 11) is 2.06. The van der Waals surface area contributed by atoms with Gasteiger partial charge >= 0.3 is 5.97 Å². The van der Waals surface area contributed by atoms with Crippen LogP contribution in [0.3, 0.4) is 0 Å². The molecular formula is C23H25FN2O3. The van der Waals surface area contributed by atoms with E-state index < -0.39 is 5.97 Å². The molecule has 0 saturated heterocycles. The molecular weight excluding hydrogens is 371 g/mol. The summed E-state index contributed by atoms with van der Waals surface area (Å²) in [4.78, 5) is 15.9. The maximum atomic E-state index is 13.2. The van der Waals surface area contributed by atoms with Crippen LogP contribution in [0, 0.1) is 5.82 Å². The van der Waals surface area contributed by atoms with Gasteiger partial charge in [-0.25, -0.2) is 4.39 Å². The minimum Gasteiger partial charge on any atom is -0.508 e. The van der Waals surface area contributed by atoms with Crippen LogP contribution in [-0.2, 0) is 17.6 Å². The van der Waals surface area contributed by atoms with Crippen molar-refractivity contribution in [3.8, 4) is 5.75 Å². The van der Waals surface area contributed by atoms with Gasteiger partial charge in [-0.05, 0) is 66.4 Å². The van der Waals surface area contributed by atoms with Crippen LogP contribution in [0.2, 0.25) is 0 Å². The second-order valence-electron chi connectivity index (χ2n) is 7.90. The minimum absolute atomic E-state index is 0.0678. The SMILES string of the molecule is CN1CC=C2c3cc(O)ccc3CC1C2N(CCc1ccc(F)cc1)CC(=O)O. The van der Waals surface area contributed by atoms with E-state index in [4.69, 9.17) is 0 Å². The Morgan fingerprint density at radius 2 is 2.00 bits per heavy atom. The van der Waals surface area contributed by atoms with Gasteiger partial charge in [0.1, 0.15) is 11.6 Å². The summed E-state index contributed by atoms with van der Waals surface area (Å²) in [6.07, 6.45) is 3.59. The minimum atomic E-state index is -0.868. The third-order valence-corrected chi connectivity index (χ3v) is 6.01. The quantitative estimate of drug-likeness (QED) is 0.786. The number of rotatable bonds is 6. The Labute approximate surface area is 169 Å². The van der Waals surface area contributed by atoms with Gasteiger partial charge in [0.2, 0.25) is 0 Å².